The third-order valence-corrected chi connectivity index (χ3v) is 3.29. The van der Waals surface area contributed by atoms with Crippen LogP contribution in [0.25, 0.3) is 0 Å². The highest BCUT2D eigenvalue weighted by molar-refractivity contribution is 5.52. The van der Waals surface area contributed by atoms with Crippen LogP contribution in [0, 0.1) is 11.6 Å². The Balaban J connectivity index is 2.64. The van der Waals surface area contributed by atoms with Gasteiger partial charge in [0.1, 0.15) is 5.82 Å². The quantitative estimate of drug-likeness (QED) is 0.886. The second-order valence-corrected chi connectivity index (χ2v) is 4.29. The minimum absolute atomic E-state index is 0.0622. The molecule has 0 bridgehead atoms. The van der Waals surface area contributed by atoms with Gasteiger partial charge in [-0.25, -0.2) is 8.78 Å². The van der Waals surface area contributed by atoms with E-state index in [9.17, 15) is 8.78 Å². The maximum atomic E-state index is 13.9. The lowest BCUT2D eigenvalue weighted by atomic mass is 9.72. The summed E-state index contributed by atoms with van der Waals surface area (Å²) in [4.78, 5) is 0. The molecular formula is C12H15F2NO2. The topological polar surface area (TPSA) is 44.5 Å². The maximum absolute atomic E-state index is 13.9. The molecule has 1 aromatic carbocycles. The molecule has 1 aliphatic carbocycles. The number of halogens is 2. The zero-order valence-corrected chi connectivity index (χ0v) is 9.85. The van der Waals surface area contributed by atoms with Crippen molar-refractivity contribution >= 4 is 0 Å². The Kier molecular flexibility index (Phi) is 2.95. The average Bonchev–Trinajstić information content (AvgIpc) is 2.25. The third-order valence-electron chi connectivity index (χ3n) is 3.29. The van der Waals surface area contributed by atoms with E-state index in [0.29, 0.717) is 12.8 Å². The van der Waals surface area contributed by atoms with Crippen molar-refractivity contribution in [2.75, 3.05) is 14.2 Å². The highest BCUT2D eigenvalue weighted by Crippen LogP contribution is 2.47. The fourth-order valence-corrected chi connectivity index (χ4v) is 2.24. The van der Waals surface area contributed by atoms with Crippen LogP contribution in [0.1, 0.15) is 24.8 Å². The molecule has 17 heavy (non-hydrogen) atoms. The minimum Gasteiger partial charge on any atom is -0.492 e. The SMILES string of the molecule is COc1c(F)cc(F)c(C2(N)CCC2)c1OC. The first kappa shape index (κ1) is 12.1. The summed E-state index contributed by atoms with van der Waals surface area (Å²) < 4.78 is 37.3. The van der Waals surface area contributed by atoms with Crippen LogP contribution in [-0.4, -0.2) is 14.2 Å². The maximum Gasteiger partial charge on any atom is 0.197 e. The van der Waals surface area contributed by atoms with Crippen LogP contribution in [0.5, 0.6) is 11.5 Å². The van der Waals surface area contributed by atoms with Gasteiger partial charge in [0.25, 0.3) is 0 Å². The third kappa shape index (κ3) is 1.74. The van der Waals surface area contributed by atoms with Gasteiger partial charge in [0.2, 0.25) is 0 Å². The van der Waals surface area contributed by atoms with Gasteiger partial charge in [-0.05, 0) is 19.3 Å². The van der Waals surface area contributed by atoms with E-state index in [-0.39, 0.29) is 17.1 Å². The molecule has 1 saturated carbocycles. The van der Waals surface area contributed by atoms with Crippen molar-refractivity contribution < 1.29 is 18.3 Å². The van der Waals surface area contributed by atoms with Gasteiger partial charge >= 0.3 is 0 Å². The number of ether oxygens (including phenoxy) is 2. The molecular weight excluding hydrogens is 228 g/mol. The number of methoxy groups -OCH3 is 2. The molecule has 0 unspecified atom stereocenters. The Labute approximate surface area is 98.5 Å². The summed E-state index contributed by atoms with van der Waals surface area (Å²) in [5.41, 5.74) is 5.52. The monoisotopic (exact) mass is 243 g/mol. The van der Waals surface area contributed by atoms with Gasteiger partial charge in [-0.3, -0.25) is 0 Å². The first-order valence-electron chi connectivity index (χ1n) is 5.43. The van der Waals surface area contributed by atoms with Crippen molar-refractivity contribution in [3.63, 3.8) is 0 Å². The first-order valence-corrected chi connectivity index (χ1v) is 5.43. The Morgan fingerprint density at radius 2 is 1.71 bits per heavy atom. The Morgan fingerprint density at radius 3 is 2.12 bits per heavy atom. The summed E-state index contributed by atoms with van der Waals surface area (Å²) in [7, 11) is 2.66. The van der Waals surface area contributed by atoms with Gasteiger partial charge < -0.3 is 15.2 Å². The van der Waals surface area contributed by atoms with Gasteiger partial charge in [0.05, 0.1) is 19.8 Å². The summed E-state index contributed by atoms with van der Waals surface area (Å²) in [6, 6.07) is 0.795. The molecule has 1 aromatic rings. The average molecular weight is 243 g/mol. The molecule has 1 fully saturated rings. The molecule has 0 radical (unpaired) electrons. The van der Waals surface area contributed by atoms with Gasteiger partial charge in [0.15, 0.2) is 17.3 Å². The Morgan fingerprint density at radius 1 is 1.12 bits per heavy atom. The summed E-state index contributed by atoms with van der Waals surface area (Å²) in [5.74, 6) is -1.50. The molecule has 3 nitrogen and oxygen atoms in total. The minimum atomic E-state index is -0.784. The van der Waals surface area contributed by atoms with Crippen molar-refractivity contribution in [1.82, 2.24) is 0 Å². The zero-order chi connectivity index (χ0) is 12.6. The molecule has 0 spiro atoms. The molecule has 0 saturated heterocycles. The molecule has 0 amide bonds. The van der Waals surface area contributed by atoms with E-state index in [4.69, 9.17) is 15.2 Å². The van der Waals surface area contributed by atoms with Gasteiger partial charge in [-0.2, -0.15) is 0 Å². The standard InChI is InChI=1S/C12H15F2NO2/c1-16-10-8(14)6-7(13)9(11(10)17-2)12(15)4-3-5-12/h6H,3-5,15H2,1-2H3. The van der Waals surface area contributed by atoms with Crippen LogP contribution in [0.4, 0.5) is 8.78 Å². The highest BCUT2D eigenvalue weighted by Gasteiger charge is 2.41. The first-order chi connectivity index (χ1) is 8.03. The summed E-state index contributed by atoms with van der Waals surface area (Å²) in [6.45, 7) is 0. The van der Waals surface area contributed by atoms with Crippen molar-refractivity contribution in [2.24, 2.45) is 5.73 Å². The number of hydrogen-bond acceptors (Lipinski definition) is 3. The van der Waals surface area contributed by atoms with E-state index in [2.05, 4.69) is 0 Å². The summed E-state index contributed by atoms with van der Waals surface area (Å²) in [6.07, 6.45) is 2.25. The number of benzene rings is 1. The summed E-state index contributed by atoms with van der Waals surface area (Å²) in [5, 5.41) is 0. The van der Waals surface area contributed by atoms with E-state index in [0.717, 1.165) is 12.5 Å². The summed E-state index contributed by atoms with van der Waals surface area (Å²) >= 11 is 0. The Bertz CT molecular complexity index is 445. The zero-order valence-electron chi connectivity index (χ0n) is 9.85. The van der Waals surface area contributed by atoms with Gasteiger partial charge in [0, 0.05) is 11.6 Å². The highest BCUT2D eigenvalue weighted by atomic mass is 19.1. The smallest absolute Gasteiger partial charge is 0.197 e. The lowest BCUT2D eigenvalue weighted by molar-refractivity contribution is 0.229. The molecule has 1 aliphatic rings. The van der Waals surface area contributed by atoms with E-state index in [1.807, 2.05) is 0 Å². The molecule has 0 aliphatic heterocycles. The molecule has 2 rings (SSSR count). The second-order valence-electron chi connectivity index (χ2n) is 4.29. The van der Waals surface area contributed by atoms with E-state index in [1.165, 1.54) is 14.2 Å². The predicted molar refractivity (Wildman–Crippen MR) is 59.2 cm³/mol. The van der Waals surface area contributed by atoms with Crippen LogP contribution in [0.15, 0.2) is 6.07 Å². The molecule has 0 aromatic heterocycles. The van der Waals surface area contributed by atoms with Crippen molar-refractivity contribution in [3.8, 4) is 11.5 Å². The van der Waals surface area contributed by atoms with E-state index in [1.54, 1.807) is 0 Å². The van der Waals surface area contributed by atoms with Crippen molar-refractivity contribution in [3.05, 3.63) is 23.3 Å². The fourth-order valence-electron chi connectivity index (χ4n) is 2.24. The number of nitrogens with two attached hydrogens (primary N) is 1. The second kappa shape index (κ2) is 4.14. The molecule has 5 heteroatoms. The van der Waals surface area contributed by atoms with Crippen LogP contribution in [0.3, 0.4) is 0 Å². The van der Waals surface area contributed by atoms with Crippen molar-refractivity contribution in [2.45, 2.75) is 24.8 Å². The molecule has 0 atom stereocenters. The number of rotatable bonds is 3. The Hall–Kier alpha value is -1.36. The lowest BCUT2D eigenvalue weighted by Crippen LogP contribution is -2.44. The van der Waals surface area contributed by atoms with E-state index >= 15 is 0 Å². The molecule has 94 valence electrons. The predicted octanol–water partition coefficient (Wildman–Crippen LogP) is 2.32. The van der Waals surface area contributed by atoms with E-state index < -0.39 is 17.2 Å². The van der Waals surface area contributed by atoms with Crippen LogP contribution < -0.4 is 15.2 Å². The fraction of sp³-hybridized carbons (Fsp3) is 0.500. The largest absolute Gasteiger partial charge is 0.492 e. The molecule has 2 N–H and O–H groups in total. The molecule has 0 heterocycles. The lowest BCUT2D eigenvalue weighted by Gasteiger charge is -2.39. The normalized spacial score (nSPS) is 17.5. The van der Waals surface area contributed by atoms with Crippen LogP contribution >= 0.6 is 0 Å². The van der Waals surface area contributed by atoms with Gasteiger partial charge in [-0.1, -0.05) is 0 Å². The van der Waals surface area contributed by atoms with Crippen molar-refractivity contribution in [1.29, 1.82) is 0 Å². The number of hydrogen-bond donors (Lipinski definition) is 1. The van der Waals surface area contributed by atoms with Crippen LogP contribution in [-0.2, 0) is 5.54 Å². The van der Waals surface area contributed by atoms with Crippen LogP contribution in [0.2, 0.25) is 0 Å². The van der Waals surface area contributed by atoms with Gasteiger partial charge in [-0.15, -0.1) is 0 Å².